The number of piperidine rings is 1. The van der Waals surface area contributed by atoms with Gasteiger partial charge in [0.15, 0.2) is 12.5 Å². The maximum Gasteiger partial charge on any atom is 0.251 e. The molecule has 1 atom stereocenters. The Kier molecular flexibility index (Phi) is 7.02. The van der Waals surface area contributed by atoms with Crippen molar-refractivity contribution in [3.05, 3.63) is 53.1 Å². The third kappa shape index (κ3) is 5.12. The predicted molar refractivity (Wildman–Crippen MR) is 135 cm³/mol. The normalized spacial score (nSPS) is 22.5. The van der Waals surface area contributed by atoms with Gasteiger partial charge in [0.05, 0.1) is 4.90 Å². The van der Waals surface area contributed by atoms with Gasteiger partial charge in [-0.1, -0.05) is 42.8 Å². The Hall–Kier alpha value is -2.56. The summed E-state index contributed by atoms with van der Waals surface area (Å²) in [5, 5.41) is 17.1. The highest BCUT2D eigenvalue weighted by molar-refractivity contribution is 7.89. The average Bonchev–Trinajstić information content (AvgIpc) is 3.40. The molecular weight excluding hydrogens is 484 g/mol. The molecule has 7 nitrogen and oxygen atoms in total. The Bertz CT molecular complexity index is 1290. The summed E-state index contributed by atoms with van der Waals surface area (Å²) in [6.07, 6.45) is 3.38. The standard InChI is InChI=1S/C26H31F2N5O2S/c27-26(28)12-2-1-3-21(26)15-20-8-9-22(23(24(20)36(29,34)35)25-31-16-32-33-25)19-6-4-17(5-7-19)18-10-13-30-14-11-18/h4-9,18,21,30H,1-3,10-16H2,(H2,29,34,35). The van der Waals surface area contributed by atoms with E-state index in [9.17, 15) is 17.2 Å². The van der Waals surface area contributed by atoms with Crippen LogP contribution in [0.3, 0.4) is 0 Å². The molecule has 2 aliphatic heterocycles. The fourth-order valence-electron chi connectivity index (χ4n) is 5.71. The Morgan fingerprint density at radius 3 is 2.42 bits per heavy atom. The number of nitrogens with zero attached hydrogens (tertiary/aromatic N) is 3. The minimum atomic E-state index is -4.28. The fourth-order valence-corrected chi connectivity index (χ4v) is 6.71. The van der Waals surface area contributed by atoms with Gasteiger partial charge in [0.25, 0.3) is 5.92 Å². The van der Waals surface area contributed by atoms with Gasteiger partial charge in [0.2, 0.25) is 10.0 Å². The molecule has 2 aromatic carbocycles. The number of azo groups is 1. The van der Waals surface area contributed by atoms with E-state index in [2.05, 4.69) is 32.7 Å². The van der Waals surface area contributed by atoms with Crippen molar-refractivity contribution >= 4 is 15.9 Å². The molecule has 2 fully saturated rings. The largest absolute Gasteiger partial charge is 0.317 e. The van der Waals surface area contributed by atoms with Crippen LogP contribution in [0, 0.1) is 5.92 Å². The highest BCUT2D eigenvalue weighted by Gasteiger charge is 2.42. The lowest BCUT2D eigenvalue weighted by Crippen LogP contribution is -2.34. The number of primary sulfonamides is 1. The van der Waals surface area contributed by atoms with Crippen LogP contribution in [0.25, 0.3) is 11.1 Å². The molecule has 10 heteroatoms. The highest BCUT2D eigenvalue weighted by atomic mass is 32.2. The first-order chi connectivity index (χ1) is 17.2. The van der Waals surface area contributed by atoms with Crippen LogP contribution in [0.2, 0.25) is 0 Å². The van der Waals surface area contributed by atoms with Gasteiger partial charge in [-0.15, -0.1) is 5.11 Å². The van der Waals surface area contributed by atoms with Crippen molar-refractivity contribution in [2.75, 3.05) is 19.8 Å². The molecule has 2 heterocycles. The summed E-state index contributed by atoms with van der Waals surface area (Å²) < 4.78 is 55.2. The van der Waals surface area contributed by atoms with Crippen LogP contribution in [-0.4, -0.2) is 39.9 Å². The molecule has 0 amide bonds. The topological polar surface area (TPSA) is 109 Å². The summed E-state index contributed by atoms with van der Waals surface area (Å²) in [6.45, 7) is 2.06. The number of nitrogens with two attached hydrogens (primary N) is 1. The minimum absolute atomic E-state index is 0.0783. The van der Waals surface area contributed by atoms with Gasteiger partial charge in [-0.3, -0.25) is 0 Å². The quantitative estimate of drug-likeness (QED) is 0.565. The Morgan fingerprint density at radius 1 is 1.03 bits per heavy atom. The van der Waals surface area contributed by atoms with Crippen molar-refractivity contribution in [2.45, 2.75) is 61.7 Å². The molecule has 1 saturated heterocycles. The van der Waals surface area contributed by atoms with Gasteiger partial charge in [-0.2, -0.15) is 5.11 Å². The number of hydrogen-bond acceptors (Lipinski definition) is 6. The van der Waals surface area contributed by atoms with E-state index in [-0.39, 0.29) is 41.4 Å². The monoisotopic (exact) mass is 515 g/mol. The van der Waals surface area contributed by atoms with Crippen molar-refractivity contribution < 1.29 is 17.2 Å². The molecule has 0 spiro atoms. The molecule has 0 bridgehead atoms. The van der Waals surface area contributed by atoms with Crippen molar-refractivity contribution in [1.29, 1.82) is 0 Å². The molecule has 3 N–H and O–H groups in total. The maximum absolute atomic E-state index is 14.7. The maximum atomic E-state index is 14.7. The van der Waals surface area contributed by atoms with Gasteiger partial charge in [0.1, 0.15) is 0 Å². The molecular formula is C26H31F2N5O2S. The summed E-state index contributed by atoms with van der Waals surface area (Å²) >= 11 is 0. The van der Waals surface area contributed by atoms with E-state index in [0.717, 1.165) is 31.5 Å². The molecule has 36 heavy (non-hydrogen) atoms. The van der Waals surface area contributed by atoms with Gasteiger partial charge >= 0.3 is 0 Å². The second-order valence-corrected chi connectivity index (χ2v) is 11.4. The van der Waals surface area contributed by atoms with E-state index in [1.54, 1.807) is 12.1 Å². The number of hydrogen-bond donors (Lipinski definition) is 2. The molecule has 2 aromatic rings. The summed E-state index contributed by atoms with van der Waals surface area (Å²) in [4.78, 5) is 4.10. The summed E-state index contributed by atoms with van der Waals surface area (Å²) in [5.41, 5.74) is 3.13. The second-order valence-electron chi connectivity index (χ2n) is 9.94. The Labute approximate surface area is 210 Å². The molecule has 5 rings (SSSR count). The lowest BCUT2D eigenvalue weighted by Gasteiger charge is -2.32. The fraction of sp³-hybridized carbons (Fsp3) is 0.500. The zero-order chi connectivity index (χ0) is 25.3. The number of rotatable bonds is 6. The van der Waals surface area contributed by atoms with Crippen LogP contribution >= 0.6 is 0 Å². The smallest absolute Gasteiger partial charge is 0.251 e. The zero-order valence-electron chi connectivity index (χ0n) is 20.1. The van der Waals surface area contributed by atoms with Crippen LogP contribution in [0.5, 0.6) is 0 Å². The Balaban J connectivity index is 1.60. The molecule has 1 unspecified atom stereocenters. The third-order valence-corrected chi connectivity index (χ3v) is 8.64. The van der Waals surface area contributed by atoms with Crippen LogP contribution < -0.4 is 10.5 Å². The molecule has 1 aliphatic carbocycles. The summed E-state index contributed by atoms with van der Waals surface area (Å²) in [6, 6.07) is 11.5. The first-order valence-electron chi connectivity index (χ1n) is 12.5. The van der Waals surface area contributed by atoms with E-state index in [0.29, 0.717) is 30.7 Å². The van der Waals surface area contributed by atoms with E-state index in [4.69, 9.17) is 5.14 Å². The van der Waals surface area contributed by atoms with E-state index in [1.807, 2.05) is 12.1 Å². The van der Waals surface area contributed by atoms with E-state index >= 15 is 0 Å². The van der Waals surface area contributed by atoms with E-state index < -0.39 is 21.9 Å². The van der Waals surface area contributed by atoms with Gasteiger partial charge in [-0.05, 0) is 73.4 Å². The van der Waals surface area contributed by atoms with E-state index in [1.165, 1.54) is 5.56 Å². The minimum Gasteiger partial charge on any atom is -0.317 e. The molecule has 3 aliphatic rings. The van der Waals surface area contributed by atoms with Gasteiger partial charge < -0.3 is 5.32 Å². The van der Waals surface area contributed by atoms with Gasteiger partial charge in [-0.25, -0.2) is 27.3 Å². The second kappa shape index (κ2) is 10.1. The summed E-state index contributed by atoms with van der Waals surface area (Å²) in [5.74, 6) is -3.15. The first-order valence-corrected chi connectivity index (χ1v) is 14.1. The molecule has 0 radical (unpaired) electrons. The average molecular weight is 516 g/mol. The van der Waals surface area contributed by atoms with Crippen LogP contribution in [-0.2, 0) is 16.4 Å². The van der Waals surface area contributed by atoms with Crippen LogP contribution in [0.4, 0.5) is 8.78 Å². The molecule has 192 valence electrons. The highest BCUT2D eigenvalue weighted by Crippen LogP contribution is 2.42. The predicted octanol–water partition coefficient (Wildman–Crippen LogP) is 5.01. The number of nitrogens with one attached hydrogen (secondary N) is 1. The van der Waals surface area contributed by atoms with Crippen molar-refractivity contribution in [3.8, 4) is 11.1 Å². The number of sulfonamides is 1. The number of benzene rings is 2. The van der Waals surface area contributed by atoms with Crippen molar-refractivity contribution in [1.82, 2.24) is 5.32 Å². The zero-order valence-corrected chi connectivity index (χ0v) is 20.9. The number of halogens is 2. The van der Waals surface area contributed by atoms with Crippen LogP contribution in [0.1, 0.15) is 61.1 Å². The van der Waals surface area contributed by atoms with Gasteiger partial charge in [0, 0.05) is 17.9 Å². The first kappa shape index (κ1) is 25.1. The number of amidine groups is 1. The molecule has 1 saturated carbocycles. The number of aliphatic imine (C=N–C) groups is 1. The van der Waals surface area contributed by atoms with Crippen molar-refractivity contribution in [3.63, 3.8) is 0 Å². The molecule has 0 aromatic heterocycles. The lowest BCUT2D eigenvalue weighted by molar-refractivity contribution is -0.0852. The third-order valence-electron chi connectivity index (χ3n) is 7.61. The van der Waals surface area contributed by atoms with Crippen LogP contribution in [0.15, 0.2) is 56.5 Å². The SMILES string of the molecule is NS(=O)(=O)c1c(CC2CCCCC2(F)F)ccc(-c2ccc(C3CCNCC3)cc2)c1C1=NCN=N1. The summed E-state index contributed by atoms with van der Waals surface area (Å²) in [7, 11) is -4.28. The Morgan fingerprint density at radius 2 is 1.78 bits per heavy atom. The number of alkyl halides is 2. The van der Waals surface area contributed by atoms with Crippen molar-refractivity contribution in [2.24, 2.45) is 26.3 Å². The lowest BCUT2D eigenvalue weighted by atomic mass is 9.81.